The van der Waals surface area contributed by atoms with E-state index in [1.54, 1.807) is 0 Å². The maximum Gasteiger partial charge on any atom is 0.251 e. The number of carbonyl (C=O) groups is 1. The van der Waals surface area contributed by atoms with E-state index in [0.29, 0.717) is 10.6 Å². The van der Waals surface area contributed by atoms with Crippen molar-refractivity contribution in [1.29, 1.82) is 0 Å². The van der Waals surface area contributed by atoms with E-state index < -0.39 is 0 Å². The van der Waals surface area contributed by atoms with E-state index in [9.17, 15) is 4.79 Å². The van der Waals surface area contributed by atoms with Crippen LogP contribution in [0.15, 0.2) is 79.0 Å². The van der Waals surface area contributed by atoms with Crippen molar-refractivity contribution in [2.24, 2.45) is 5.92 Å². The Hall–Kier alpha value is -3.77. The smallest absolute Gasteiger partial charge is 0.251 e. The summed E-state index contributed by atoms with van der Waals surface area (Å²) in [5.41, 5.74) is 5.00. The standard InChI is InChI=1S/C31H35ClN4O2/c1-6-23(17-20(4)33-5)38-24-14-11-21(12-15-24)30-26-18-22(13-16-28(26)35-36-30)31(37)34-29(19(2)3)25-9-7-8-10-27(25)32/h7-16,18-19,23,29,33H,4,6,17H2,1-3,5H3,(H,34,37)(H,35,36). The molecule has 4 rings (SSSR count). The van der Waals surface area contributed by atoms with Crippen molar-refractivity contribution in [3.05, 3.63) is 95.2 Å². The van der Waals surface area contributed by atoms with Gasteiger partial charge in [0.2, 0.25) is 0 Å². The van der Waals surface area contributed by atoms with Crippen molar-refractivity contribution >= 4 is 28.4 Å². The van der Waals surface area contributed by atoms with E-state index in [-0.39, 0.29) is 24.0 Å². The van der Waals surface area contributed by atoms with Crippen LogP contribution in [0.5, 0.6) is 5.75 Å². The van der Waals surface area contributed by atoms with Gasteiger partial charge in [-0.15, -0.1) is 0 Å². The zero-order valence-electron chi connectivity index (χ0n) is 22.3. The summed E-state index contributed by atoms with van der Waals surface area (Å²) in [5.74, 6) is 0.801. The van der Waals surface area contributed by atoms with Crippen LogP contribution in [0.2, 0.25) is 5.02 Å². The Labute approximate surface area is 229 Å². The minimum atomic E-state index is -0.208. The number of ether oxygens (including phenoxy) is 1. The Balaban J connectivity index is 1.55. The molecular weight excluding hydrogens is 496 g/mol. The van der Waals surface area contributed by atoms with Crippen LogP contribution in [0.4, 0.5) is 0 Å². The summed E-state index contributed by atoms with van der Waals surface area (Å²) in [6, 6.07) is 20.9. The van der Waals surface area contributed by atoms with Crippen molar-refractivity contribution in [2.45, 2.75) is 45.8 Å². The zero-order chi connectivity index (χ0) is 27.2. The maximum absolute atomic E-state index is 13.3. The molecule has 1 aromatic heterocycles. The van der Waals surface area contributed by atoms with Crippen molar-refractivity contribution < 1.29 is 9.53 Å². The number of nitrogens with zero attached hydrogens (tertiary/aromatic N) is 1. The van der Waals surface area contributed by atoms with E-state index >= 15 is 0 Å². The van der Waals surface area contributed by atoms with Gasteiger partial charge in [-0.25, -0.2) is 0 Å². The number of nitrogens with one attached hydrogen (secondary N) is 3. The van der Waals surface area contributed by atoms with Crippen LogP contribution >= 0.6 is 11.6 Å². The lowest BCUT2D eigenvalue weighted by atomic mass is 9.95. The summed E-state index contributed by atoms with van der Waals surface area (Å²) in [7, 11) is 1.87. The number of amides is 1. The van der Waals surface area contributed by atoms with Gasteiger partial charge in [0.1, 0.15) is 11.9 Å². The van der Waals surface area contributed by atoms with Crippen molar-refractivity contribution in [3.63, 3.8) is 0 Å². The van der Waals surface area contributed by atoms with E-state index in [1.165, 1.54) is 0 Å². The van der Waals surface area contributed by atoms with Gasteiger partial charge in [-0.05, 0) is 66.4 Å². The van der Waals surface area contributed by atoms with E-state index in [1.807, 2.05) is 73.8 Å². The normalized spacial score (nSPS) is 12.8. The summed E-state index contributed by atoms with van der Waals surface area (Å²) >= 11 is 6.44. The number of benzene rings is 3. The van der Waals surface area contributed by atoms with Crippen LogP contribution in [-0.4, -0.2) is 29.3 Å². The second-order valence-electron chi connectivity index (χ2n) is 9.78. The lowest BCUT2D eigenvalue weighted by Crippen LogP contribution is -2.31. The van der Waals surface area contributed by atoms with Gasteiger partial charge in [0.05, 0.1) is 17.3 Å². The van der Waals surface area contributed by atoms with Crippen molar-refractivity contribution in [3.8, 4) is 17.0 Å². The third-order valence-corrected chi connectivity index (χ3v) is 7.08. The molecule has 2 unspecified atom stereocenters. The molecule has 1 amide bonds. The van der Waals surface area contributed by atoms with E-state index in [0.717, 1.165) is 52.0 Å². The molecule has 0 saturated heterocycles. The largest absolute Gasteiger partial charge is 0.490 e. The molecule has 0 saturated carbocycles. The quantitative estimate of drug-likeness (QED) is 0.190. The second-order valence-corrected chi connectivity index (χ2v) is 10.2. The molecule has 3 aromatic carbocycles. The van der Waals surface area contributed by atoms with Gasteiger partial charge in [0, 0.05) is 40.7 Å². The molecule has 0 radical (unpaired) electrons. The van der Waals surface area contributed by atoms with Crippen LogP contribution in [0.1, 0.15) is 55.6 Å². The predicted molar refractivity (Wildman–Crippen MR) is 156 cm³/mol. The van der Waals surface area contributed by atoms with Crippen LogP contribution < -0.4 is 15.4 Å². The Morgan fingerprint density at radius 1 is 1.11 bits per heavy atom. The topological polar surface area (TPSA) is 79.0 Å². The number of aromatic amines is 1. The zero-order valence-corrected chi connectivity index (χ0v) is 23.1. The third-order valence-electron chi connectivity index (χ3n) is 6.73. The van der Waals surface area contributed by atoms with Crippen LogP contribution in [0.25, 0.3) is 22.2 Å². The van der Waals surface area contributed by atoms with Gasteiger partial charge in [0.15, 0.2) is 0 Å². The van der Waals surface area contributed by atoms with E-state index in [2.05, 4.69) is 48.2 Å². The molecule has 6 nitrogen and oxygen atoms in total. The minimum absolute atomic E-state index is 0.0496. The number of H-pyrrole nitrogens is 1. The molecule has 0 aliphatic rings. The molecular formula is C31H35ClN4O2. The number of hydrogen-bond acceptors (Lipinski definition) is 4. The predicted octanol–water partition coefficient (Wildman–Crippen LogP) is 7.29. The molecule has 38 heavy (non-hydrogen) atoms. The van der Waals surface area contributed by atoms with Crippen LogP contribution in [-0.2, 0) is 0 Å². The second kappa shape index (κ2) is 12.2. The van der Waals surface area contributed by atoms with Gasteiger partial charge < -0.3 is 15.4 Å². The highest BCUT2D eigenvalue weighted by atomic mass is 35.5. The summed E-state index contributed by atoms with van der Waals surface area (Å²) < 4.78 is 6.16. The molecule has 0 aliphatic heterocycles. The van der Waals surface area contributed by atoms with Crippen molar-refractivity contribution in [1.82, 2.24) is 20.8 Å². The van der Waals surface area contributed by atoms with E-state index in [4.69, 9.17) is 16.3 Å². The van der Waals surface area contributed by atoms with Gasteiger partial charge in [0.25, 0.3) is 5.91 Å². The van der Waals surface area contributed by atoms with Gasteiger partial charge in [-0.3, -0.25) is 9.89 Å². The average molecular weight is 531 g/mol. The van der Waals surface area contributed by atoms with Gasteiger partial charge in [-0.1, -0.05) is 57.2 Å². The first kappa shape index (κ1) is 27.3. The Kier molecular flexibility index (Phi) is 8.74. The first-order chi connectivity index (χ1) is 18.3. The fraction of sp³-hybridized carbons (Fsp3) is 0.290. The number of rotatable bonds is 11. The molecule has 0 spiro atoms. The monoisotopic (exact) mass is 530 g/mol. The van der Waals surface area contributed by atoms with Crippen LogP contribution in [0, 0.1) is 5.92 Å². The highest BCUT2D eigenvalue weighted by Gasteiger charge is 2.22. The highest BCUT2D eigenvalue weighted by Crippen LogP contribution is 2.31. The highest BCUT2D eigenvalue weighted by molar-refractivity contribution is 6.31. The number of carbonyl (C=O) groups excluding carboxylic acids is 1. The molecule has 0 fully saturated rings. The SMILES string of the molecule is C=C(CC(CC)Oc1ccc(-c2n[nH]c3ccc(C(=O)NC(c4ccccc4Cl)C(C)C)cc23)cc1)NC. The number of aromatic nitrogens is 2. The summed E-state index contributed by atoms with van der Waals surface area (Å²) in [6.07, 6.45) is 1.68. The molecule has 4 aromatic rings. The summed E-state index contributed by atoms with van der Waals surface area (Å²) in [6.45, 7) is 10.2. The molecule has 2 atom stereocenters. The average Bonchev–Trinajstić information content (AvgIpc) is 3.35. The molecule has 7 heteroatoms. The maximum atomic E-state index is 13.3. The van der Waals surface area contributed by atoms with Crippen molar-refractivity contribution in [2.75, 3.05) is 7.05 Å². The minimum Gasteiger partial charge on any atom is -0.490 e. The third kappa shape index (κ3) is 6.20. The van der Waals surface area contributed by atoms with Gasteiger partial charge in [-0.2, -0.15) is 5.10 Å². The van der Waals surface area contributed by atoms with Gasteiger partial charge >= 0.3 is 0 Å². The molecule has 0 bridgehead atoms. The summed E-state index contributed by atoms with van der Waals surface area (Å²) in [4.78, 5) is 13.3. The fourth-order valence-corrected chi connectivity index (χ4v) is 4.71. The Bertz CT molecular complexity index is 1410. The fourth-order valence-electron chi connectivity index (χ4n) is 4.46. The number of halogens is 1. The lowest BCUT2D eigenvalue weighted by Gasteiger charge is -2.24. The first-order valence-corrected chi connectivity index (χ1v) is 13.3. The first-order valence-electron chi connectivity index (χ1n) is 13.0. The van der Waals surface area contributed by atoms with Crippen LogP contribution in [0.3, 0.4) is 0 Å². The summed E-state index contributed by atoms with van der Waals surface area (Å²) in [5, 5.41) is 15.4. The lowest BCUT2D eigenvalue weighted by molar-refractivity contribution is 0.0926. The number of hydrogen-bond donors (Lipinski definition) is 3. The Morgan fingerprint density at radius 3 is 2.50 bits per heavy atom. The molecule has 1 heterocycles. The number of fused-ring (bicyclic) bond motifs is 1. The molecule has 3 N–H and O–H groups in total. The molecule has 0 aliphatic carbocycles. The Morgan fingerprint density at radius 2 is 1.84 bits per heavy atom. The molecule has 198 valence electrons.